The lowest BCUT2D eigenvalue weighted by atomic mass is 10.5. The Kier molecular flexibility index (Phi) is 6.93. The van der Waals surface area contributed by atoms with Crippen LogP contribution in [0.4, 0.5) is 11.6 Å². The Morgan fingerprint density at radius 3 is 1.49 bits per heavy atom. The van der Waals surface area contributed by atoms with Crippen LogP contribution < -0.4 is 11.5 Å². The SMILES string of the molecule is Nc1nc(-n2cccn2)nc(-n2cc(Cl)cn2)c1Br.Nc1nc(-n2cccn2)nc(-n2cccn2)c1Br. The molecule has 37 heavy (non-hydrogen) atoms. The van der Waals surface area contributed by atoms with E-state index in [9.17, 15) is 0 Å². The van der Waals surface area contributed by atoms with Gasteiger partial charge in [0.1, 0.15) is 20.6 Å². The first-order valence-electron chi connectivity index (χ1n) is 10.3. The summed E-state index contributed by atoms with van der Waals surface area (Å²) in [5.41, 5.74) is 11.7. The molecular formula is C20H15Br2ClN14. The summed E-state index contributed by atoms with van der Waals surface area (Å²) in [7, 11) is 0. The van der Waals surface area contributed by atoms with Gasteiger partial charge in [0.05, 0.1) is 17.4 Å². The highest BCUT2D eigenvalue weighted by Gasteiger charge is 2.15. The van der Waals surface area contributed by atoms with E-state index in [2.05, 4.69) is 72.2 Å². The summed E-state index contributed by atoms with van der Waals surface area (Å²) in [6.45, 7) is 0. The average Bonchev–Trinajstić information content (AvgIpc) is 3.70. The molecule has 0 fully saturated rings. The predicted octanol–water partition coefficient (Wildman–Crippen LogP) is 3.04. The highest BCUT2D eigenvalue weighted by Crippen LogP contribution is 2.26. The minimum Gasteiger partial charge on any atom is -0.383 e. The molecule has 0 aliphatic rings. The van der Waals surface area contributed by atoms with Gasteiger partial charge >= 0.3 is 0 Å². The summed E-state index contributed by atoms with van der Waals surface area (Å²) in [6.07, 6.45) is 13.3. The van der Waals surface area contributed by atoms with Crippen LogP contribution in [-0.2, 0) is 0 Å². The molecule has 0 spiro atoms. The normalized spacial score (nSPS) is 10.8. The quantitative estimate of drug-likeness (QED) is 0.290. The molecule has 0 aliphatic heterocycles. The molecule has 0 saturated carbocycles. The van der Waals surface area contributed by atoms with E-state index in [-0.39, 0.29) is 0 Å². The number of nitrogen functional groups attached to an aromatic ring is 2. The van der Waals surface area contributed by atoms with Crippen LogP contribution >= 0.6 is 43.5 Å². The summed E-state index contributed by atoms with van der Waals surface area (Å²) in [5.74, 6) is 2.43. The minimum absolute atomic E-state index is 0.294. The van der Waals surface area contributed by atoms with Crippen molar-refractivity contribution in [2.45, 2.75) is 0 Å². The van der Waals surface area contributed by atoms with Crippen LogP contribution in [0.5, 0.6) is 0 Å². The van der Waals surface area contributed by atoms with Crippen molar-refractivity contribution in [3.63, 3.8) is 0 Å². The van der Waals surface area contributed by atoms with Crippen molar-refractivity contribution < 1.29 is 0 Å². The standard InChI is InChI=1S/C10H7BrClN7.C10H8BrN7/c11-7-8(13)16-10(18-3-1-2-14-18)17-9(7)19-5-6(12)4-15-19;11-7-8(12)15-10(18-6-2-4-14-18)16-9(7)17-5-1-3-13-17/h1-5H,(H2,13,16,17);1-6H,(H2,12,15,16). The van der Waals surface area contributed by atoms with Crippen LogP contribution in [0.3, 0.4) is 0 Å². The van der Waals surface area contributed by atoms with Crippen molar-refractivity contribution in [2.75, 3.05) is 11.5 Å². The zero-order valence-electron chi connectivity index (χ0n) is 18.5. The van der Waals surface area contributed by atoms with Gasteiger partial charge in [-0.15, -0.1) is 0 Å². The highest BCUT2D eigenvalue weighted by molar-refractivity contribution is 9.11. The number of nitrogens with zero attached hydrogens (tertiary/aromatic N) is 12. The fourth-order valence-corrected chi connectivity index (χ4v) is 3.83. The molecule has 6 heterocycles. The fourth-order valence-electron chi connectivity index (χ4n) is 2.97. The number of nitrogens with two attached hydrogens (primary N) is 2. The number of anilines is 2. The number of hydrogen-bond donors (Lipinski definition) is 2. The number of halogens is 3. The van der Waals surface area contributed by atoms with Crippen molar-refractivity contribution in [1.82, 2.24) is 59.1 Å². The number of aromatic nitrogens is 12. The van der Waals surface area contributed by atoms with Crippen molar-refractivity contribution in [3.8, 4) is 23.5 Å². The predicted molar refractivity (Wildman–Crippen MR) is 142 cm³/mol. The fraction of sp³-hybridized carbons (Fsp3) is 0. The molecule has 0 aromatic carbocycles. The molecule has 0 bridgehead atoms. The van der Waals surface area contributed by atoms with Crippen LogP contribution in [-0.4, -0.2) is 59.1 Å². The van der Waals surface area contributed by atoms with Gasteiger partial charge in [0, 0.05) is 37.2 Å². The largest absolute Gasteiger partial charge is 0.383 e. The Labute approximate surface area is 230 Å². The lowest BCUT2D eigenvalue weighted by Crippen LogP contribution is -2.10. The van der Waals surface area contributed by atoms with Gasteiger partial charge < -0.3 is 11.5 Å². The van der Waals surface area contributed by atoms with E-state index >= 15 is 0 Å². The Morgan fingerprint density at radius 2 is 1.08 bits per heavy atom. The zero-order chi connectivity index (χ0) is 25.9. The lowest BCUT2D eigenvalue weighted by molar-refractivity contribution is 0.773. The summed E-state index contributed by atoms with van der Waals surface area (Å²) < 4.78 is 7.31. The molecular weight excluding hydrogens is 632 g/mol. The second-order valence-electron chi connectivity index (χ2n) is 7.05. The molecule has 17 heteroatoms. The molecule has 4 N–H and O–H groups in total. The third-order valence-electron chi connectivity index (χ3n) is 4.60. The van der Waals surface area contributed by atoms with E-state index in [0.717, 1.165) is 0 Å². The lowest BCUT2D eigenvalue weighted by Gasteiger charge is -2.08. The van der Waals surface area contributed by atoms with E-state index in [1.165, 1.54) is 20.2 Å². The molecule has 186 valence electrons. The van der Waals surface area contributed by atoms with Crippen molar-refractivity contribution in [3.05, 3.63) is 81.7 Å². The first kappa shape index (κ1) is 24.5. The monoisotopic (exact) mass is 644 g/mol. The molecule has 0 atom stereocenters. The van der Waals surface area contributed by atoms with Gasteiger partial charge in [0.25, 0.3) is 11.9 Å². The summed E-state index contributed by atoms with van der Waals surface area (Å²) in [4.78, 5) is 17.1. The van der Waals surface area contributed by atoms with Gasteiger partial charge in [-0.2, -0.15) is 40.3 Å². The summed E-state index contributed by atoms with van der Waals surface area (Å²) in [6, 6.07) is 5.36. The zero-order valence-corrected chi connectivity index (χ0v) is 22.4. The average molecular weight is 647 g/mol. The van der Waals surface area contributed by atoms with Crippen molar-refractivity contribution in [1.29, 1.82) is 0 Å². The Hall–Kier alpha value is -4.15. The van der Waals surface area contributed by atoms with E-state index in [1.54, 1.807) is 66.3 Å². The first-order chi connectivity index (χ1) is 17.9. The van der Waals surface area contributed by atoms with Crippen LogP contribution in [0.15, 0.2) is 76.7 Å². The highest BCUT2D eigenvalue weighted by atomic mass is 79.9. The molecule has 0 saturated heterocycles. The van der Waals surface area contributed by atoms with Gasteiger partial charge in [0.15, 0.2) is 11.6 Å². The maximum absolute atomic E-state index is 5.86. The van der Waals surface area contributed by atoms with Crippen molar-refractivity contribution >= 4 is 55.1 Å². The minimum atomic E-state index is 0.294. The second kappa shape index (κ2) is 10.5. The first-order valence-corrected chi connectivity index (χ1v) is 12.2. The second-order valence-corrected chi connectivity index (χ2v) is 9.07. The molecule has 6 aromatic rings. The van der Waals surface area contributed by atoms with E-state index < -0.39 is 0 Å². The smallest absolute Gasteiger partial charge is 0.254 e. The van der Waals surface area contributed by atoms with E-state index in [1.807, 2.05) is 0 Å². The molecule has 14 nitrogen and oxygen atoms in total. The Morgan fingerprint density at radius 1 is 0.622 bits per heavy atom. The van der Waals surface area contributed by atoms with Crippen LogP contribution in [0, 0.1) is 0 Å². The molecule has 0 radical (unpaired) electrons. The van der Waals surface area contributed by atoms with Crippen LogP contribution in [0.25, 0.3) is 23.5 Å². The van der Waals surface area contributed by atoms with Crippen LogP contribution in [0.2, 0.25) is 5.02 Å². The van der Waals surface area contributed by atoms with Crippen LogP contribution in [0.1, 0.15) is 0 Å². The van der Waals surface area contributed by atoms with E-state index in [0.29, 0.717) is 49.1 Å². The maximum atomic E-state index is 5.86. The third kappa shape index (κ3) is 5.20. The Bertz CT molecular complexity index is 1630. The molecule has 0 aliphatic carbocycles. The number of rotatable bonds is 4. The molecule has 0 amide bonds. The van der Waals surface area contributed by atoms with Gasteiger partial charge in [-0.3, -0.25) is 0 Å². The Balaban J connectivity index is 0.000000152. The molecule has 6 aromatic heterocycles. The van der Waals surface area contributed by atoms with Gasteiger partial charge in [-0.25, -0.2) is 18.7 Å². The number of hydrogen-bond acceptors (Lipinski definition) is 10. The molecule has 0 unspecified atom stereocenters. The van der Waals surface area contributed by atoms with Crippen molar-refractivity contribution in [2.24, 2.45) is 0 Å². The van der Waals surface area contributed by atoms with Gasteiger partial charge in [-0.1, -0.05) is 11.6 Å². The third-order valence-corrected chi connectivity index (χ3v) is 6.32. The van der Waals surface area contributed by atoms with Gasteiger partial charge in [0.2, 0.25) is 0 Å². The summed E-state index contributed by atoms with van der Waals surface area (Å²) >= 11 is 12.5. The topological polar surface area (TPSA) is 175 Å². The van der Waals surface area contributed by atoms with Gasteiger partial charge in [-0.05, 0) is 50.1 Å². The summed E-state index contributed by atoms with van der Waals surface area (Å²) in [5, 5.41) is 16.8. The maximum Gasteiger partial charge on any atom is 0.254 e. The molecule has 6 rings (SSSR count). The van der Waals surface area contributed by atoms with E-state index in [4.69, 9.17) is 23.1 Å².